The van der Waals surface area contributed by atoms with Gasteiger partial charge in [0.25, 0.3) is 5.91 Å². The van der Waals surface area contributed by atoms with Crippen molar-refractivity contribution in [2.24, 2.45) is 5.41 Å². The molecule has 0 saturated heterocycles. The van der Waals surface area contributed by atoms with Crippen LogP contribution in [0.4, 0.5) is 55.3 Å². The highest BCUT2D eigenvalue weighted by molar-refractivity contribution is 5.97. The van der Waals surface area contributed by atoms with Crippen molar-refractivity contribution in [1.82, 2.24) is 0 Å². The molecule has 1 amide bonds. The van der Waals surface area contributed by atoms with Crippen LogP contribution < -0.4 is 10.6 Å². The third kappa shape index (κ3) is 6.36. The van der Waals surface area contributed by atoms with E-state index in [0.29, 0.717) is 60.7 Å². The van der Waals surface area contributed by atoms with Gasteiger partial charge in [0, 0.05) is 35.0 Å². The SMILES string of the molecule is CCC(C)(C)C(=O)C(F)(F)c1ccc(C(F)(F)C(=O)Nc2ccc(C(c3ccc(NC)cc3)(C(F)(F)F)C(F)(F)F)cc2)cc1. The zero-order valence-electron chi connectivity index (χ0n) is 24.2. The summed E-state index contributed by atoms with van der Waals surface area (Å²) in [6.07, 6.45) is -11.7. The van der Waals surface area contributed by atoms with Crippen LogP contribution in [-0.2, 0) is 26.8 Å². The lowest BCUT2D eigenvalue weighted by Crippen LogP contribution is -2.54. The third-order valence-corrected chi connectivity index (χ3v) is 7.71. The van der Waals surface area contributed by atoms with Gasteiger partial charge in [-0.2, -0.15) is 43.9 Å². The van der Waals surface area contributed by atoms with Gasteiger partial charge in [-0.05, 0) is 41.8 Å². The highest BCUT2D eigenvalue weighted by atomic mass is 19.4. The minimum atomic E-state index is -5.90. The Hall–Kier alpha value is -4.10. The maximum absolute atomic E-state index is 15.0. The average molecular weight is 651 g/mol. The molecule has 0 fully saturated rings. The largest absolute Gasteiger partial charge is 0.411 e. The normalized spacial score (nSPS) is 13.4. The number of alkyl halides is 10. The predicted octanol–water partition coefficient (Wildman–Crippen LogP) is 8.97. The van der Waals surface area contributed by atoms with Crippen molar-refractivity contribution >= 4 is 23.1 Å². The second kappa shape index (κ2) is 12.0. The minimum absolute atomic E-state index is 0.0793. The number of hydrogen-bond acceptors (Lipinski definition) is 3. The summed E-state index contributed by atoms with van der Waals surface area (Å²) >= 11 is 0. The number of Topliss-reactive ketones (excluding diaryl/α,β-unsaturated/α-hetero) is 1. The van der Waals surface area contributed by atoms with E-state index in [4.69, 9.17) is 0 Å². The van der Waals surface area contributed by atoms with Crippen molar-refractivity contribution < 1.29 is 53.5 Å². The predicted molar refractivity (Wildman–Crippen MR) is 147 cm³/mol. The zero-order valence-corrected chi connectivity index (χ0v) is 24.2. The van der Waals surface area contributed by atoms with Crippen LogP contribution in [0.2, 0.25) is 0 Å². The third-order valence-electron chi connectivity index (χ3n) is 7.71. The van der Waals surface area contributed by atoms with Crippen LogP contribution in [0.1, 0.15) is 49.4 Å². The summed E-state index contributed by atoms with van der Waals surface area (Å²) in [5.41, 5.74) is -10.6. The molecule has 45 heavy (non-hydrogen) atoms. The first-order valence-electron chi connectivity index (χ1n) is 13.3. The van der Waals surface area contributed by atoms with Crippen molar-refractivity contribution in [2.45, 2.75) is 56.8 Å². The molecule has 14 heteroatoms. The van der Waals surface area contributed by atoms with E-state index in [1.54, 1.807) is 5.32 Å². The van der Waals surface area contributed by atoms with E-state index in [0.717, 1.165) is 12.1 Å². The molecular weight excluding hydrogens is 622 g/mol. The van der Waals surface area contributed by atoms with Gasteiger partial charge in [0.2, 0.25) is 11.2 Å². The van der Waals surface area contributed by atoms with E-state index < -0.39 is 74.7 Å². The number of rotatable bonds is 10. The van der Waals surface area contributed by atoms with Crippen molar-refractivity contribution in [1.29, 1.82) is 0 Å². The first-order valence-corrected chi connectivity index (χ1v) is 13.3. The van der Waals surface area contributed by atoms with Gasteiger partial charge < -0.3 is 10.6 Å². The number of halogens is 10. The summed E-state index contributed by atoms with van der Waals surface area (Å²) in [5, 5.41) is 4.30. The zero-order chi connectivity index (χ0) is 34.2. The first kappa shape index (κ1) is 35.4. The van der Waals surface area contributed by atoms with Gasteiger partial charge in [0.05, 0.1) is 0 Å². The van der Waals surface area contributed by atoms with Gasteiger partial charge in [-0.1, -0.05) is 69.3 Å². The molecule has 0 radical (unpaired) electrons. The number of hydrogen-bond donors (Lipinski definition) is 2. The van der Waals surface area contributed by atoms with E-state index in [1.165, 1.54) is 27.8 Å². The average Bonchev–Trinajstić information content (AvgIpc) is 2.96. The molecule has 0 aliphatic heterocycles. The van der Waals surface area contributed by atoms with Gasteiger partial charge in [-0.15, -0.1) is 0 Å². The molecular formula is C31H28F10N2O2. The fourth-order valence-corrected chi connectivity index (χ4v) is 4.62. The number of nitrogens with one attached hydrogen (secondary N) is 2. The Morgan fingerprint density at radius 1 is 0.578 bits per heavy atom. The molecule has 0 atom stereocenters. The molecule has 0 aliphatic rings. The fraction of sp³-hybridized carbons (Fsp3) is 0.355. The van der Waals surface area contributed by atoms with Gasteiger partial charge in [-0.3, -0.25) is 9.59 Å². The number of ketones is 1. The van der Waals surface area contributed by atoms with Crippen LogP contribution in [0.5, 0.6) is 0 Å². The van der Waals surface area contributed by atoms with Crippen molar-refractivity contribution in [3.05, 3.63) is 95.1 Å². The van der Waals surface area contributed by atoms with E-state index >= 15 is 0 Å². The summed E-state index contributed by atoms with van der Waals surface area (Å²) in [4.78, 5) is 24.8. The Balaban J connectivity index is 1.92. The molecule has 0 heterocycles. The maximum Gasteiger partial charge on any atom is 0.411 e. The van der Waals surface area contributed by atoms with Crippen LogP contribution in [-0.4, -0.2) is 31.1 Å². The summed E-state index contributed by atoms with van der Waals surface area (Å²) in [5.74, 6) is -11.9. The highest BCUT2D eigenvalue weighted by Crippen LogP contribution is 2.56. The molecule has 3 aromatic rings. The van der Waals surface area contributed by atoms with E-state index in [1.807, 2.05) is 0 Å². The monoisotopic (exact) mass is 650 g/mol. The van der Waals surface area contributed by atoms with Gasteiger partial charge in [0.15, 0.2) is 0 Å². The molecule has 0 saturated carbocycles. The van der Waals surface area contributed by atoms with Crippen molar-refractivity contribution in [2.75, 3.05) is 17.7 Å². The lowest BCUT2D eigenvalue weighted by Gasteiger charge is -2.38. The van der Waals surface area contributed by atoms with Crippen LogP contribution in [0.15, 0.2) is 72.8 Å². The number of anilines is 2. The summed E-state index contributed by atoms with van der Waals surface area (Å²) in [7, 11) is 1.41. The maximum atomic E-state index is 15.0. The first-order chi connectivity index (χ1) is 20.6. The molecule has 0 bridgehead atoms. The van der Waals surface area contributed by atoms with Gasteiger partial charge in [0.1, 0.15) is 0 Å². The minimum Gasteiger partial charge on any atom is -0.388 e. The molecule has 3 aromatic carbocycles. The number of benzene rings is 3. The molecule has 0 spiro atoms. The lowest BCUT2D eigenvalue weighted by molar-refractivity contribution is -0.288. The van der Waals surface area contributed by atoms with Crippen molar-refractivity contribution in [3.8, 4) is 0 Å². The highest BCUT2D eigenvalue weighted by Gasteiger charge is 2.72. The number of carbonyl (C=O) groups is 2. The molecule has 0 aromatic heterocycles. The van der Waals surface area contributed by atoms with E-state index in [9.17, 15) is 53.5 Å². The Kier molecular flexibility index (Phi) is 9.44. The van der Waals surface area contributed by atoms with Crippen molar-refractivity contribution in [3.63, 3.8) is 0 Å². The van der Waals surface area contributed by atoms with Crippen LogP contribution in [0.3, 0.4) is 0 Å². The van der Waals surface area contributed by atoms with E-state index in [2.05, 4.69) is 5.32 Å². The smallest absolute Gasteiger partial charge is 0.388 e. The summed E-state index contributed by atoms with van der Waals surface area (Å²) in [6, 6.07) is 7.53. The fourth-order valence-electron chi connectivity index (χ4n) is 4.62. The standard InChI is InChI=1S/C31H28F10N2O2/c1-5-26(2,3)24(44)28(32,33)20-6-8-21(9-7-20)29(34,35)25(45)43-23-16-12-19(13-17-23)27(30(36,37)38,31(39,40)41)18-10-14-22(42-4)15-11-18/h6-17,42H,5H2,1-4H3,(H,43,45). The van der Waals surface area contributed by atoms with E-state index in [-0.39, 0.29) is 12.1 Å². The molecule has 3 rings (SSSR count). The van der Waals surface area contributed by atoms with Gasteiger partial charge >= 0.3 is 24.2 Å². The molecule has 4 nitrogen and oxygen atoms in total. The Labute approximate surface area is 251 Å². The quantitative estimate of drug-likeness (QED) is 0.216. The van der Waals surface area contributed by atoms with Crippen LogP contribution in [0.25, 0.3) is 0 Å². The lowest BCUT2D eigenvalue weighted by atomic mass is 9.73. The number of amides is 1. The Morgan fingerprint density at radius 2 is 0.933 bits per heavy atom. The Bertz CT molecular complexity index is 1500. The topological polar surface area (TPSA) is 58.2 Å². The second-order valence-corrected chi connectivity index (χ2v) is 10.9. The molecule has 244 valence electrons. The van der Waals surface area contributed by atoms with Gasteiger partial charge in [-0.25, -0.2) is 0 Å². The Morgan fingerprint density at radius 3 is 1.29 bits per heavy atom. The van der Waals surface area contributed by atoms with Crippen LogP contribution in [0, 0.1) is 5.41 Å². The number of carbonyl (C=O) groups excluding carboxylic acids is 2. The second-order valence-electron chi connectivity index (χ2n) is 10.9. The molecule has 2 N–H and O–H groups in total. The summed E-state index contributed by atoms with van der Waals surface area (Å²) < 4.78 is 145. The van der Waals surface area contributed by atoms with Crippen LogP contribution >= 0.6 is 0 Å². The summed E-state index contributed by atoms with van der Waals surface area (Å²) in [6.45, 7) is 4.13. The molecule has 0 aliphatic carbocycles. The molecule has 0 unspecified atom stereocenters.